The van der Waals surface area contributed by atoms with E-state index in [1.807, 2.05) is 109 Å². The van der Waals surface area contributed by atoms with E-state index in [0.717, 1.165) is 45.5 Å². The first kappa shape index (κ1) is 26.7. The van der Waals surface area contributed by atoms with Crippen LogP contribution in [0.3, 0.4) is 0 Å². The summed E-state index contributed by atoms with van der Waals surface area (Å²) in [5.41, 5.74) is 3.72. The first-order chi connectivity index (χ1) is 19.0. The van der Waals surface area contributed by atoms with Crippen LogP contribution in [0.4, 0.5) is 0 Å². The van der Waals surface area contributed by atoms with Gasteiger partial charge >= 0.3 is 0 Å². The third-order valence-corrected chi connectivity index (χ3v) is 8.08. The van der Waals surface area contributed by atoms with Gasteiger partial charge in [0.05, 0.1) is 0 Å². The van der Waals surface area contributed by atoms with Crippen molar-refractivity contribution in [2.75, 3.05) is 25.4 Å². The van der Waals surface area contributed by atoms with Gasteiger partial charge in [0.2, 0.25) is 5.91 Å². The number of rotatable bonds is 8. The molecule has 0 bridgehead atoms. The Bertz CT molecular complexity index is 1420. The van der Waals surface area contributed by atoms with Gasteiger partial charge in [-0.25, -0.2) is 0 Å². The minimum Gasteiger partial charge on any atom is -0.339 e. The van der Waals surface area contributed by atoms with Gasteiger partial charge in [-0.15, -0.1) is 10.2 Å². The van der Waals surface area contributed by atoms with Gasteiger partial charge in [-0.1, -0.05) is 78.5 Å². The molecule has 1 atom stereocenters. The second-order valence-corrected chi connectivity index (χ2v) is 10.9. The maximum atomic E-state index is 13.1. The smallest absolute Gasteiger partial charge is 0.254 e. The predicted molar refractivity (Wildman–Crippen MR) is 155 cm³/mol. The molecular formula is C31H33N5O2S. The molecule has 1 fully saturated rings. The molecule has 0 radical (unpaired) electrons. The summed E-state index contributed by atoms with van der Waals surface area (Å²) in [4.78, 5) is 29.9. The van der Waals surface area contributed by atoms with E-state index >= 15 is 0 Å². The average Bonchev–Trinajstić information content (AvgIpc) is 3.40. The van der Waals surface area contributed by atoms with Crippen molar-refractivity contribution in [3.8, 4) is 17.1 Å². The second-order valence-electron chi connectivity index (χ2n) is 9.80. The van der Waals surface area contributed by atoms with Crippen molar-refractivity contribution in [3.05, 3.63) is 96.1 Å². The highest BCUT2D eigenvalue weighted by molar-refractivity contribution is 7.99. The van der Waals surface area contributed by atoms with Crippen molar-refractivity contribution >= 4 is 23.6 Å². The molecule has 2 amide bonds. The van der Waals surface area contributed by atoms with Crippen molar-refractivity contribution in [3.63, 3.8) is 0 Å². The summed E-state index contributed by atoms with van der Waals surface area (Å²) in [5, 5.41) is 9.79. The molecule has 1 unspecified atom stereocenters. The lowest BCUT2D eigenvalue weighted by molar-refractivity contribution is -0.133. The average molecular weight is 540 g/mol. The normalized spacial score (nSPS) is 15.4. The SMILES string of the molecule is Cc1ccccc1C(=O)N1CCN(C(=O)CCCSc2nnc(-c3ccccc3)n2-c2ccccc2)CC1C. The summed E-state index contributed by atoms with van der Waals surface area (Å²) in [7, 11) is 0. The van der Waals surface area contributed by atoms with Gasteiger partial charge < -0.3 is 9.80 Å². The lowest BCUT2D eigenvalue weighted by atomic mass is 10.1. The minimum absolute atomic E-state index is 0.0231. The number of thioether (sulfide) groups is 1. The Morgan fingerprint density at radius 2 is 1.59 bits per heavy atom. The Kier molecular flexibility index (Phi) is 8.42. The molecule has 1 aliphatic heterocycles. The molecule has 200 valence electrons. The van der Waals surface area contributed by atoms with Crippen LogP contribution in [0.25, 0.3) is 17.1 Å². The van der Waals surface area contributed by atoms with Gasteiger partial charge in [0.1, 0.15) is 0 Å². The van der Waals surface area contributed by atoms with E-state index in [-0.39, 0.29) is 17.9 Å². The zero-order valence-corrected chi connectivity index (χ0v) is 23.2. The highest BCUT2D eigenvalue weighted by atomic mass is 32.2. The number of carbonyl (C=O) groups excluding carboxylic acids is 2. The van der Waals surface area contributed by atoms with E-state index in [1.54, 1.807) is 11.8 Å². The number of carbonyl (C=O) groups is 2. The molecule has 3 aromatic carbocycles. The molecular weight excluding hydrogens is 506 g/mol. The van der Waals surface area contributed by atoms with Crippen LogP contribution < -0.4 is 0 Å². The van der Waals surface area contributed by atoms with Gasteiger partial charge in [0, 0.05) is 54.7 Å². The van der Waals surface area contributed by atoms with Gasteiger partial charge in [-0.2, -0.15) is 0 Å². The van der Waals surface area contributed by atoms with Crippen molar-refractivity contribution in [2.24, 2.45) is 0 Å². The van der Waals surface area contributed by atoms with Crippen molar-refractivity contribution < 1.29 is 9.59 Å². The Labute approximate surface area is 233 Å². The van der Waals surface area contributed by atoms with Crippen LogP contribution in [0.5, 0.6) is 0 Å². The van der Waals surface area contributed by atoms with E-state index in [4.69, 9.17) is 0 Å². The largest absolute Gasteiger partial charge is 0.339 e. The topological polar surface area (TPSA) is 71.3 Å². The van der Waals surface area contributed by atoms with Crippen molar-refractivity contribution in [2.45, 2.75) is 37.9 Å². The number of para-hydroxylation sites is 1. The van der Waals surface area contributed by atoms with Crippen LogP contribution in [0, 0.1) is 6.92 Å². The van der Waals surface area contributed by atoms with Crippen LogP contribution in [0.2, 0.25) is 0 Å². The lowest BCUT2D eigenvalue weighted by Crippen LogP contribution is -2.55. The van der Waals surface area contributed by atoms with E-state index < -0.39 is 0 Å². The van der Waals surface area contributed by atoms with Crippen LogP contribution in [0.1, 0.15) is 35.7 Å². The molecule has 4 aromatic rings. The maximum absolute atomic E-state index is 13.1. The first-order valence-electron chi connectivity index (χ1n) is 13.4. The number of hydrogen-bond donors (Lipinski definition) is 0. The van der Waals surface area contributed by atoms with E-state index in [1.165, 1.54) is 0 Å². The van der Waals surface area contributed by atoms with Crippen LogP contribution in [-0.4, -0.2) is 67.8 Å². The fourth-order valence-corrected chi connectivity index (χ4v) is 5.84. The molecule has 0 N–H and O–H groups in total. The second kappa shape index (κ2) is 12.3. The summed E-state index contributed by atoms with van der Waals surface area (Å²) in [6, 6.07) is 27.8. The molecule has 0 aliphatic carbocycles. The molecule has 0 spiro atoms. The highest BCUT2D eigenvalue weighted by Crippen LogP contribution is 2.28. The molecule has 1 aliphatic rings. The van der Waals surface area contributed by atoms with Crippen molar-refractivity contribution in [1.29, 1.82) is 0 Å². The Morgan fingerprint density at radius 1 is 0.897 bits per heavy atom. The third-order valence-electron chi connectivity index (χ3n) is 7.06. The molecule has 5 rings (SSSR count). The Balaban J connectivity index is 1.17. The number of amides is 2. The molecule has 1 saturated heterocycles. The van der Waals surface area contributed by atoms with Crippen LogP contribution in [0.15, 0.2) is 90.1 Å². The number of hydrogen-bond acceptors (Lipinski definition) is 5. The molecule has 2 heterocycles. The van der Waals surface area contributed by atoms with Crippen LogP contribution >= 0.6 is 11.8 Å². The number of piperazine rings is 1. The summed E-state index contributed by atoms with van der Waals surface area (Å²) >= 11 is 1.62. The summed E-state index contributed by atoms with van der Waals surface area (Å²) < 4.78 is 2.08. The monoisotopic (exact) mass is 539 g/mol. The molecule has 8 heteroatoms. The standard InChI is InChI=1S/C31H33N5O2S/c1-23-12-9-10-17-27(23)30(38)35-20-19-34(22-24(35)2)28(37)18-11-21-39-31-33-32-29(25-13-5-3-6-14-25)36(31)26-15-7-4-8-16-26/h3-10,12-17,24H,11,18-22H2,1-2H3. The van der Waals surface area contributed by atoms with Gasteiger partial charge in [-0.05, 0) is 44.0 Å². The maximum Gasteiger partial charge on any atom is 0.254 e. The quantitative estimate of drug-likeness (QED) is 0.219. The Morgan fingerprint density at radius 3 is 2.31 bits per heavy atom. The van der Waals surface area contributed by atoms with Crippen molar-refractivity contribution in [1.82, 2.24) is 24.6 Å². The van der Waals surface area contributed by atoms with Gasteiger partial charge in [-0.3, -0.25) is 14.2 Å². The first-order valence-corrected chi connectivity index (χ1v) is 14.3. The number of aromatic nitrogens is 3. The fourth-order valence-electron chi connectivity index (χ4n) is 4.95. The number of benzene rings is 3. The summed E-state index contributed by atoms with van der Waals surface area (Å²) in [6.07, 6.45) is 1.21. The molecule has 0 saturated carbocycles. The van der Waals surface area contributed by atoms with Gasteiger partial charge in [0.15, 0.2) is 11.0 Å². The number of nitrogens with zero attached hydrogens (tertiary/aromatic N) is 5. The molecule has 1 aromatic heterocycles. The van der Waals surface area contributed by atoms with E-state index in [2.05, 4.69) is 14.8 Å². The zero-order valence-electron chi connectivity index (χ0n) is 22.4. The summed E-state index contributed by atoms with van der Waals surface area (Å²) in [6.45, 7) is 5.66. The lowest BCUT2D eigenvalue weighted by Gasteiger charge is -2.40. The minimum atomic E-state index is -0.0231. The summed E-state index contributed by atoms with van der Waals surface area (Å²) in [5.74, 6) is 1.74. The fraction of sp³-hybridized carbons (Fsp3) is 0.290. The predicted octanol–water partition coefficient (Wildman–Crippen LogP) is 5.49. The molecule has 7 nitrogen and oxygen atoms in total. The van der Waals surface area contributed by atoms with Gasteiger partial charge in [0.25, 0.3) is 5.91 Å². The Hall–Kier alpha value is -3.91. The molecule has 39 heavy (non-hydrogen) atoms. The van der Waals surface area contributed by atoms with Crippen LogP contribution in [-0.2, 0) is 4.79 Å². The van der Waals surface area contributed by atoms with E-state index in [0.29, 0.717) is 26.1 Å². The zero-order chi connectivity index (χ0) is 27.2. The van der Waals surface area contributed by atoms with E-state index in [9.17, 15) is 9.59 Å². The third kappa shape index (κ3) is 6.06. The highest BCUT2D eigenvalue weighted by Gasteiger charge is 2.30. The number of aryl methyl sites for hydroxylation is 1.